The predicted molar refractivity (Wildman–Crippen MR) is 212 cm³/mol. The number of unbranched alkanes of at least 4 members (excludes halogenated alkanes) is 26. The van der Waals surface area contributed by atoms with Gasteiger partial charge in [-0.1, -0.05) is 199 Å². The first kappa shape index (κ1) is 47.8. The van der Waals surface area contributed by atoms with Gasteiger partial charge in [-0.05, 0) is 38.5 Å². The summed E-state index contributed by atoms with van der Waals surface area (Å²) in [7, 11) is -4.31. The fourth-order valence-electron chi connectivity index (χ4n) is 6.47. The molecule has 0 aliphatic rings. The summed E-state index contributed by atoms with van der Waals surface area (Å²) in [5.41, 5.74) is 0. The van der Waals surface area contributed by atoms with Crippen LogP contribution in [0.1, 0.15) is 219 Å². The maximum atomic E-state index is 12.5. The summed E-state index contributed by atoms with van der Waals surface area (Å²) in [6.45, 7) is 4.49. The van der Waals surface area contributed by atoms with Gasteiger partial charge >= 0.3 is 0 Å². The highest BCUT2D eigenvalue weighted by atomic mass is 32.2. The third-order valence-electron chi connectivity index (χ3n) is 9.66. The molecule has 290 valence electrons. The van der Waals surface area contributed by atoms with Crippen LogP contribution >= 0.6 is 0 Å². The van der Waals surface area contributed by atoms with E-state index in [-0.39, 0.29) is 5.91 Å². The zero-order valence-corrected chi connectivity index (χ0v) is 33.1. The SMILES string of the molecule is CCCC/C=C\C/C=C\CCCCCCCC(=O)NC(CS(=O)(=O)O)C(O)CCCCCCCCCCCCCCCCCCCCCC. The molecule has 2 unspecified atom stereocenters. The Morgan fingerprint density at radius 3 is 1.39 bits per heavy atom. The number of carbonyl (C=O) groups excluding carboxylic acids is 1. The molecule has 0 aromatic carbocycles. The van der Waals surface area contributed by atoms with E-state index in [4.69, 9.17) is 0 Å². The molecule has 0 radical (unpaired) electrons. The van der Waals surface area contributed by atoms with Gasteiger partial charge in [-0.2, -0.15) is 8.42 Å². The number of allylic oxidation sites excluding steroid dienone is 4. The first-order valence-corrected chi connectivity index (χ1v) is 22.6. The molecule has 2 atom stereocenters. The average Bonchev–Trinajstić information content (AvgIpc) is 3.06. The van der Waals surface area contributed by atoms with Crippen LogP contribution < -0.4 is 5.32 Å². The van der Waals surface area contributed by atoms with Gasteiger partial charge in [0.25, 0.3) is 10.1 Å². The van der Waals surface area contributed by atoms with E-state index in [1.807, 2.05) is 0 Å². The molecular weight excluding hydrogens is 631 g/mol. The van der Waals surface area contributed by atoms with Crippen molar-refractivity contribution in [3.8, 4) is 0 Å². The Morgan fingerprint density at radius 1 is 0.551 bits per heavy atom. The highest BCUT2D eigenvalue weighted by Crippen LogP contribution is 2.16. The number of amides is 1. The second-order valence-corrected chi connectivity index (χ2v) is 16.1. The molecule has 0 saturated heterocycles. The normalized spacial score (nSPS) is 13.5. The maximum Gasteiger partial charge on any atom is 0.266 e. The molecule has 0 rings (SSSR count). The van der Waals surface area contributed by atoms with E-state index in [1.54, 1.807) is 0 Å². The number of hydrogen-bond donors (Lipinski definition) is 3. The molecule has 0 aromatic heterocycles. The van der Waals surface area contributed by atoms with Crippen LogP contribution in [0.3, 0.4) is 0 Å². The Kier molecular flexibility index (Phi) is 35.7. The lowest BCUT2D eigenvalue weighted by atomic mass is 10.0. The molecule has 0 fully saturated rings. The Balaban J connectivity index is 3.83. The number of nitrogens with one attached hydrogen (secondary N) is 1. The van der Waals surface area contributed by atoms with Gasteiger partial charge in [0.05, 0.1) is 17.9 Å². The summed E-state index contributed by atoms with van der Waals surface area (Å²) in [4.78, 5) is 12.5. The first-order chi connectivity index (χ1) is 23.8. The summed E-state index contributed by atoms with van der Waals surface area (Å²) in [6, 6.07) is -0.976. The molecule has 0 aliphatic carbocycles. The lowest BCUT2D eigenvalue weighted by Gasteiger charge is -2.23. The van der Waals surface area contributed by atoms with Crippen molar-refractivity contribution in [2.24, 2.45) is 0 Å². The van der Waals surface area contributed by atoms with Crippen LogP contribution in [0.25, 0.3) is 0 Å². The van der Waals surface area contributed by atoms with Crippen LogP contribution in [0.2, 0.25) is 0 Å². The predicted octanol–water partition coefficient (Wildman–Crippen LogP) is 12.4. The monoisotopic (exact) mass is 712 g/mol. The third kappa shape index (κ3) is 37.9. The fourth-order valence-corrected chi connectivity index (χ4v) is 7.23. The van der Waals surface area contributed by atoms with Crippen molar-refractivity contribution in [1.29, 1.82) is 0 Å². The minimum atomic E-state index is -4.31. The van der Waals surface area contributed by atoms with E-state index in [0.29, 0.717) is 12.8 Å². The molecule has 0 heterocycles. The van der Waals surface area contributed by atoms with Crippen molar-refractivity contribution in [2.45, 2.75) is 231 Å². The van der Waals surface area contributed by atoms with Gasteiger partial charge in [0, 0.05) is 6.42 Å². The van der Waals surface area contributed by atoms with Gasteiger partial charge in [-0.15, -0.1) is 0 Å². The van der Waals surface area contributed by atoms with Crippen molar-refractivity contribution in [2.75, 3.05) is 5.75 Å². The summed E-state index contributed by atoms with van der Waals surface area (Å²) in [6.07, 6.45) is 45.6. The number of aliphatic hydroxyl groups excluding tert-OH is 1. The Morgan fingerprint density at radius 2 is 0.939 bits per heavy atom. The van der Waals surface area contributed by atoms with E-state index in [1.165, 1.54) is 128 Å². The standard InChI is InChI=1S/C42H81NO5S/c1-3-5-7-9-11-13-15-17-19-20-21-22-23-24-25-27-29-31-33-35-37-41(44)40(39-49(46,47)48)43-42(45)38-36-34-32-30-28-26-18-16-14-12-10-8-6-4-2/h10,12,16,18,40-41,44H,3-9,11,13-15,17,19-39H2,1-2H3,(H,43,45)(H,46,47,48)/b12-10-,18-16-. The summed E-state index contributed by atoms with van der Waals surface area (Å²) < 4.78 is 32.5. The highest BCUT2D eigenvalue weighted by Gasteiger charge is 2.26. The zero-order valence-electron chi connectivity index (χ0n) is 32.3. The van der Waals surface area contributed by atoms with Crippen LogP contribution in [0.15, 0.2) is 24.3 Å². The van der Waals surface area contributed by atoms with Crippen molar-refractivity contribution < 1.29 is 22.9 Å². The van der Waals surface area contributed by atoms with Crippen LogP contribution in [0.4, 0.5) is 0 Å². The zero-order chi connectivity index (χ0) is 36.1. The van der Waals surface area contributed by atoms with Gasteiger partial charge < -0.3 is 10.4 Å². The summed E-state index contributed by atoms with van der Waals surface area (Å²) in [5, 5.41) is 13.4. The molecule has 0 saturated carbocycles. The molecule has 1 amide bonds. The van der Waals surface area contributed by atoms with Gasteiger partial charge in [-0.3, -0.25) is 9.35 Å². The van der Waals surface area contributed by atoms with Crippen molar-refractivity contribution in [3.05, 3.63) is 24.3 Å². The van der Waals surface area contributed by atoms with Crippen LogP contribution in [0.5, 0.6) is 0 Å². The Labute approximate surface area is 304 Å². The minimum absolute atomic E-state index is 0.258. The fraction of sp³-hybridized carbons (Fsp3) is 0.881. The van der Waals surface area contributed by atoms with E-state index in [0.717, 1.165) is 64.2 Å². The number of aliphatic hydroxyl groups is 1. The molecular formula is C42H81NO5S. The molecule has 6 nitrogen and oxygen atoms in total. The quantitative estimate of drug-likeness (QED) is 0.0336. The lowest BCUT2D eigenvalue weighted by molar-refractivity contribution is -0.122. The van der Waals surface area contributed by atoms with E-state index in [9.17, 15) is 22.9 Å². The van der Waals surface area contributed by atoms with E-state index < -0.39 is 28.0 Å². The molecule has 0 aromatic rings. The van der Waals surface area contributed by atoms with E-state index >= 15 is 0 Å². The first-order valence-electron chi connectivity index (χ1n) is 21.0. The van der Waals surface area contributed by atoms with Gasteiger partial charge in [0.15, 0.2) is 0 Å². The van der Waals surface area contributed by atoms with Crippen LogP contribution in [0, 0.1) is 0 Å². The number of hydrogen-bond acceptors (Lipinski definition) is 4. The molecule has 0 spiro atoms. The van der Waals surface area contributed by atoms with Gasteiger partial charge in [0.2, 0.25) is 5.91 Å². The van der Waals surface area contributed by atoms with Crippen molar-refractivity contribution in [3.63, 3.8) is 0 Å². The maximum absolute atomic E-state index is 12.5. The van der Waals surface area contributed by atoms with Gasteiger partial charge in [-0.25, -0.2) is 0 Å². The Hall–Kier alpha value is -1.18. The van der Waals surface area contributed by atoms with Crippen molar-refractivity contribution in [1.82, 2.24) is 5.32 Å². The number of carbonyl (C=O) groups is 1. The molecule has 7 heteroatoms. The highest BCUT2D eigenvalue weighted by molar-refractivity contribution is 7.85. The largest absolute Gasteiger partial charge is 0.391 e. The van der Waals surface area contributed by atoms with E-state index in [2.05, 4.69) is 43.5 Å². The topological polar surface area (TPSA) is 104 Å². The second-order valence-electron chi connectivity index (χ2n) is 14.6. The second kappa shape index (κ2) is 36.6. The summed E-state index contributed by atoms with van der Waals surface area (Å²) >= 11 is 0. The van der Waals surface area contributed by atoms with Crippen molar-refractivity contribution >= 4 is 16.0 Å². The van der Waals surface area contributed by atoms with Crippen LogP contribution in [-0.2, 0) is 14.9 Å². The Bertz CT molecular complexity index is 872. The van der Waals surface area contributed by atoms with Gasteiger partial charge in [0.1, 0.15) is 0 Å². The third-order valence-corrected chi connectivity index (χ3v) is 10.4. The minimum Gasteiger partial charge on any atom is -0.391 e. The summed E-state index contributed by atoms with van der Waals surface area (Å²) in [5.74, 6) is -0.910. The number of rotatable bonds is 38. The molecule has 0 aliphatic heterocycles. The molecule has 3 N–H and O–H groups in total. The average molecular weight is 712 g/mol. The smallest absolute Gasteiger partial charge is 0.266 e. The lowest BCUT2D eigenvalue weighted by Crippen LogP contribution is -2.47. The molecule has 49 heavy (non-hydrogen) atoms. The van der Waals surface area contributed by atoms with Crippen LogP contribution in [-0.4, -0.2) is 41.9 Å². The molecule has 0 bridgehead atoms.